The number of aliphatic hydroxyl groups excluding tert-OH is 1. The zero-order valence-corrected chi connectivity index (χ0v) is 28.4. The van der Waals surface area contributed by atoms with Crippen LogP contribution in [0.1, 0.15) is 53.4 Å². The number of rotatable bonds is 7. The molecule has 0 saturated carbocycles. The number of nitrogens with zero attached hydrogens (tertiary/aromatic N) is 4. The molecule has 7 heteroatoms. The third kappa shape index (κ3) is 5.83. The average molecular weight is 774 g/mol. The molecule has 4 heterocycles. The van der Waals surface area contributed by atoms with Crippen LogP contribution in [0, 0.1) is 17.9 Å². The molecule has 231 valence electrons. The molecule has 6 nitrogen and oxygen atoms in total. The second-order valence-corrected chi connectivity index (χ2v) is 11.3. The molecule has 1 aliphatic heterocycles. The molecule has 1 N–H and O–H groups in total. The normalized spacial score (nSPS) is 12.0. The van der Waals surface area contributed by atoms with E-state index in [2.05, 4.69) is 47.0 Å². The summed E-state index contributed by atoms with van der Waals surface area (Å²) in [5.74, 6) is 1.38. The van der Waals surface area contributed by atoms with E-state index in [1.165, 1.54) is 11.5 Å². The van der Waals surface area contributed by atoms with Crippen LogP contribution in [0.3, 0.4) is 0 Å². The van der Waals surface area contributed by atoms with Gasteiger partial charge in [-0.1, -0.05) is 63.6 Å². The molecule has 0 amide bonds. The smallest absolute Gasteiger partial charge is 0.162 e. The molecule has 3 aromatic carbocycles. The van der Waals surface area contributed by atoms with Crippen molar-refractivity contribution in [2.45, 2.75) is 53.4 Å². The molecule has 6 aromatic rings. The molecule has 0 aliphatic carbocycles. The fourth-order valence-corrected chi connectivity index (χ4v) is 6.25. The van der Waals surface area contributed by atoms with Crippen molar-refractivity contribution in [3.8, 4) is 28.3 Å². The van der Waals surface area contributed by atoms with Crippen molar-refractivity contribution in [3.63, 3.8) is 0 Å². The van der Waals surface area contributed by atoms with Crippen LogP contribution in [0.4, 0.5) is 0 Å². The Balaban J connectivity index is 0.000000217. The van der Waals surface area contributed by atoms with Gasteiger partial charge in [-0.3, -0.25) is 14.3 Å². The van der Waals surface area contributed by atoms with Gasteiger partial charge >= 0.3 is 0 Å². The number of aliphatic hydroxyl groups is 1. The van der Waals surface area contributed by atoms with Crippen LogP contribution in [0.5, 0.6) is 0 Å². The Morgan fingerprint density at radius 3 is 2.20 bits per heavy atom. The first-order valence-corrected chi connectivity index (χ1v) is 15.6. The number of allylic oxidation sites excluding steroid dienone is 2. The number of pyridine rings is 1. The second kappa shape index (κ2) is 13.8. The number of carbonyl (C=O) groups excluding carboxylic acids is 1. The van der Waals surface area contributed by atoms with Gasteiger partial charge in [0.2, 0.25) is 0 Å². The van der Waals surface area contributed by atoms with Gasteiger partial charge in [-0.25, -0.2) is 4.98 Å². The number of fused-ring (bicyclic) bond motifs is 9. The molecule has 0 fully saturated rings. The number of benzene rings is 3. The minimum Gasteiger partial charge on any atom is -0.512 e. The molecule has 0 saturated heterocycles. The molecule has 7 rings (SSSR count). The Hall–Kier alpha value is -4.19. The predicted octanol–water partition coefficient (Wildman–Crippen LogP) is 9.44. The first-order valence-electron chi connectivity index (χ1n) is 15.6. The number of aromatic nitrogens is 4. The Bertz CT molecular complexity index is 2020. The van der Waals surface area contributed by atoms with Gasteiger partial charge in [0.1, 0.15) is 0 Å². The molecule has 1 aliphatic rings. The third-order valence-corrected chi connectivity index (χ3v) is 8.78. The van der Waals surface area contributed by atoms with Crippen molar-refractivity contribution in [3.05, 3.63) is 96.9 Å². The van der Waals surface area contributed by atoms with Crippen LogP contribution in [-0.2, 0) is 24.9 Å². The summed E-state index contributed by atoms with van der Waals surface area (Å²) in [6.45, 7) is 8.07. The summed E-state index contributed by atoms with van der Waals surface area (Å²) < 4.78 is 2.22. The zero-order chi connectivity index (χ0) is 30.8. The average Bonchev–Trinajstić information content (AvgIpc) is 3.34. The molecule has 0 unspecified atom stereocenters. The summed E-state index contributed by atoms with van der Waals surface area (Å²) in [6.07, 6.45) is 6.79. The van der Waals surface area contributed by atoms with E-state index in [1.807, 2.05) is 70.3 Å². The fourth-order valence-electron chi connectivity index (χ4n) is 6.25. The maximum atomic E-state index is 11.7. The van der Waals surface area contributed by atoms with Gasteiger partial charge in [0.15, 0.2) is 11.6 Å². The number of para-hydroxylation sites is 3. The monoisotopic (exact) mass is 774 g/mol. The van der Waals surface area contributed by atoms with E-state index in [0.717, 1.165) is 81.5 Å². The summed E-state index contributed by atoms with van der Waals surface area (Å²) in [5.41, 5.74) is 7.67. The van der Waals surface area contributed by atoms with Gasteiger partial charge in [-0.2, -0.15) is 0 Å². The van der Waals surface area contributed by atoms with E-state index in [4.69, 9.17) is 15.0 Å². The van der Waals surface area contributed by atoms with Gasteiger partial charge in [0, 0.05) is 66.2 Å². The summed E-state index contributed by atoms with van der Waals surface area (Å²) >= 11 is 0. The maximum absolute atomic E-state index is 11.7. The van der Waals surface area contributed by atoms with E-state index in [1.54, 1.807) is 0 Å². The van der Waals surface area contributed by atoms with Crippen molar-refractivity contribution >= 4 is 38.6 Å². The van der Waals surface area contributed by atoms with Crippen LogP contribution in [0.25, 0.3) is 61.2 Å². The number of hydrogen-bond donors (Lipinski definition) is 1. The van der Waals surface area contributed by atoms with Crippen molar-refractivity contribution < 1.29 is 30.0 Å². The van der Waals surface area contributed by atoms with Gasteiger partial charge in [-0.05, 0) is 49.9 Å². The van der Waals surface area contributed by atoms with Crippen LogP contribution in [0.15, 0.2) is 90.8 Å². The largest absolute Gasteiger partial charge is 0.512 e. The van der Waals surface area contributed by atoms with Crippen LogP contribution in [-0.4, -0.2) is 30.4 Å². The maximum Gasteiger partial charge on any atom is 0.162 e. The molecule has 0 bridgehead atoms. The molecular formula is C38H37IrN4O2-. The van der Waals surface area contributed by atoms with E-state index in [-0.39, 0.29) is 43.5 Å². The topological polar surface area (TPSA) is 80.9 Å². The van der Waals surface area contributed by atoms with Gasteiger partial charge in [0.05, 0.1) is 28.0 Å². The molecule has 1 radical (unpaired) electrons. The molecular weight excluding hydrogens is 737 g/mol. The van der Waals surface area contributed by atoms with Crippen molar-refractivity contribution in [1.82, 2.24) is 19.5 Å². The quantitative estimate of drug-likeness (QED) is 0.0993. The van der Waals surface area contributed by atoms with E-state index in [0.29, 0.717) is 0 Å². The number of hydrogen-bond acceptors (Lipinski definition) is 5. The summed E-state index contributed by atoms with van der Waals surface area (Å²) in [6, 6.07) is 28.0. The molecule has 0 atom stereocenters. The minimum atomic E-state index is 0. The van der Waals surface area contributed by atoms with Gasteiger partial charge in [-0.15, -0.1) is 29.8 Å². The minimum absolute atomic E-state index is 0. The summed E-state index contributed by atoms with van der Waals surface area (Å²) in [5, 5.41) is 12.1. The van der Waals surface area contributed by atoms with Crippen molar-refractivity contribution in [1.29, 1.82) is 0 Å². The summed E-state index contributed by atoms with van der Waals surface area (Å²) in [7, 11) is 0. The standard InChI is InChI=1S/C25H13N4.C13H24O2.Ir/c1-2-9-17-16(8-1)22-24-18(13-14-26-22)15-7-3-6-12-21(15)29(24)25-23(17)27-19-10-4-5-11-20(19)28-25;1-5-10(6-2)12(14)9-13(15)11(7-3)8-4;/h1-7,9-14H;9-11,14H,5-8H2,1-4H3;/q-1;;/b;12-9-;. The third-order valence-electron chi connectivity index (χ3n) is 8.78. The number of carbonyl (C=O) groups is 1. The first-order chi connectivity index (χ1) is 21.5. The Kier molecular flexibility index (Phi) is 9.91. The number of ketones is 1. The Morgan fingerprint density at radius 2 is 1.49 bits per heavy atom. The van der Waals surface area contributed by atoms with E-state index in [9.17, 15) is 9.90 Å². The Morgan fingerprint density at radius 1 is 0.822 bits per heavy atom. The van der Waals surface area contributed by atoms with E-state index >= 15 is 0 Å². The van der Waals surface area contributed by atoms with E-state index < -0.39 is 0 Å². The molecule has 45 heavy (non-hydrogen) atoms. The van der Waals surface area contributed by atoms with Crippen LogP contribution in [0.2, 0.25) is 0 Å². The SMILES string of the molecule is CCC(CC)C(=O)/C=C(\O)C(CC)CC.[Ir].[c-]1cccc2c1-c1nccc3c4ccccc4n(c13)-c1nc3ccccc3nc1-2. The van der Waals surface area contributed by atoms with Gasteiger partial charge in [0.25, 0.3) is 0 Å². The van der Waals surface area contributed by atoms with Crippen molar-refractivity contribution in [2.24, 2.45) is 11.8 Å². The second-order valence-electron chi connectivity index (χ2n) is 11.3. The van der Waals surface area contributed by atoms with Crippen molar-refractivity contribution in [2.75, 3.05) is 0 Å². The van der Waals surface area contributed by atoms with Gasteiger partial charge < -0.3 is 10.1 Å². The first kappa shape index (κ1) is 32.2. The fraction of sp³-hybridized carbons (Fsp3) is 0.263. The molecule has 0 spiro atoms. The molecule has 3 aromatic heterocycles. The Labute approximate surface area is 277 Å². The summed E-state index contributed by atoms with van der Waals surface area (Å²) in [4.78, 5) is 26.6. The predicted molar refractivity (Wildman–Crippen MR) is 179 cm³/mol. The zero-order valence-electron chi connectivity index (χ0n) is 26.0. The van der Waals surface area contributed by atoms with Crippen LogP contribution >= 0.6 is 0 Å². The van der Waals surface area contributed by atoms with Crippen LogP contribution < -0.4 is 0 Å².